The van der Waals surface area contributed by atoms with E-state index in [1.54, 1.807) is 6.21 Å². The largest absolute Gasteiger partial charge is 0.374 e. The first kappa shape index (κ1) is 15.8. The van der Waals surface area contributed by atoms with E-state index < -0.39 is 0 Å². The molecule has 3 aromatic rings. The van der Waals surface area contributed by atoms with Crippen LogP contribution in [-0.4, -0.2) is 23.1 Å². The van der Waals surface area contributed by atoms with Crippen molar-refractivity contribution in [2.24, 2.45) is 5.10 Å². The molecule has 0 saturated heterocycles. The van der Waals surface area contributed by atoms with Crippen molar-refractivity contribution >= 4 is 28.7 Å². The number of rotatable bonds is 6. The second kappa shape index (κ2) is 7.46. The van der Waals surface area contributed by atoms with E-state index in [1.807, 2.05) is 67.7 Å². The third-order valence-electron chi connectivity index (χ3n) is 3.84. The summed E-state index contributed by atoms with van der Waals surface area (Å²) >= 11 is 0. The minimum absolute atomic E-state index is 0.155. The van der Waals surface area contributed by atoms with Gasteiger partial charge >= 0.3 is 0 Å². The summed E-state index contributed by atoms with van der Waals surface area (Å²) in [5.41, 5.74) is 5.51. The molecule has 24 heavy (non-hydrogen) atoms. The lowest BCUT2D eigenvalue weighted by Crippen LogP contribution is -2.36. The average molecular weight is 320 g/mol. The van der Waals surface area contributed by atoms with Gasteiger partial charge in [0.05, 0.1) is 6.21 Å². The molecule has 0 radical (unpaired) electrons. The summed E-state index contributed by atoms with van der Waals surface area (Å²) in [6.45, 7) is 1.96. The third-order valence-corrected chi connectivity index (χ3v) is 3.84. The summed E-state index contributed by atoms with van der Waals surface area (Å²) in [7, 11) is 0. The quantitative estimate of drug-likeness (QED) is 0.480. The fraction of sp³-hybridized carbons (Fsp3) is 0.158. The number of nitrogens with one attached hydrogen (secondary N) is 3. The first-order chi connectivity index (χ1) is 11.8. The molecule has 0 aliphatic heterocycles. The molecule has 2 aromatic carbocycles. The van der Waals surface area contributed by atoms with Crippen molar-refractivity contribution in [3.05, 3.63) is 66.4 Å². The zero-order valence-corrected chi connectivity index (χ0v) is 13.5. The van der Waals surface area contributed by atoms with Crippen molar-refractivity contribution in [2.75, 3.05) is 5.32 Å². The van der Waals surface area contributed by atoms with Crippen molar-refractivity contribution in [1.29, 1.82) is 0 Å². The predicted molar refractivity (Wildman–Crippen MR) is 98.2 cm³/mol. The molecule has 3 N–H and O–H groups in total. The van der Waals surface area contributed by atoms with Gasteiger partial charge in [-0.25, -0.2) is 5.43 Å². The first-order valence-electron chi connectivity index (χ1n) is 7.98. The number of aromatic nitrogens is 1. The maximum atomic E-state index is 12.3. The van der Waals surface area contributed by atoms with Crippen LogP contribution >= 0.6 is 0 Å². The molecule has 0 aliphatic rings. The molecule has 1 heterocycles. The standard InChI is InChI=1S/C19H20N4O/c1-2-17(22-15-8-4-3-5-9-15)19(24)23-21-13-14-12-20-18-11-7-6-10-16(14)18/h3-13,17,20,22H,2H2,1H3,(H,23,24)/b21-13+/t17-/m1/s1. The van der Waals surface area contributed by atoms with Gasteiger partial charge in [0.1, 0.15) is 6.04 Å². The van der Waals surface area contributed by atoms with Crippen molar-refractivity contribution < 1.29 is 4.79 Å². The number of hydrogen-bond donors (Lipinski definition) is 3. The van der Waals surface area contributed by atoms with Crippen LogP contribution in [-0.2, 0) is 4.79 Å². The number of para-hydroxylation sites is 2. The molecule has 122 valence electrons. The summed E-state index contributed by atoms with van der Waals surface area (Å²) in [5.74, 6) is -0.155. The Kier molecular flexibility index (Phi) is 4.91. The Morgan fingerprint density at radius 3 is 2.71 bits per heavy atom. The maximum absolute atomic E-state index is 12.3. The zero-order valence-electron chi connectivity index (χ0n) is 13.5. The Labute approximate surface area is 140 Å². The number of hydrogen-bond acceptors (Lipinski definition) is 3. The van der Waals surface area contributed by atoms with Gasteiger partial charge < -0.3 is 10.3 Å². The van der Waals surface area contributed by atoms with Gasteiger partial charge in [0.2, 0.25) is 0 Å². The molecule has 0 saturated carbocycles. The molecule has 0 unspecified atom stereocenters. The Hall–Kier alpha value is -3.08. The number of nitrogens with zero attached hydrogens (tertiary/aromatic N) is 1. The van der Waals surface area contributed by atoms with E-state index in [9.17, 15) is 4.79 Å². The van der Waals surface area contributed by atoms with Crippen LogP contribution in [0.1, 0.15) is 18.9 Å². The van der Waals surface area contributed by atoms with E-state index in [0.29, 0.717) is 6.42 Å². The summed E-state index contributed by atoms with van der Waals surface area (Å²) in [6.07, 6.45) is 4.20. The van der Waals surface area contributed by atoms with E-state index >= 15 is 0 Å². The van der Waals surface area contributed by atoms with Crippen LogP contribution in [0.5, 0.6) is 0 Å². The summed E-state index contributed by atoms with van der Waals surface area (Å²) in [5, 5.41) is 8.37. The van der Waals surface area contributed by atoms with Crippen LogP contribution in [0.2, 0.25) is 0 Å². The number of H-pyrrole nitrogens is 1. The summed E-state index contributed by atoms with van der Waals surface area (Å²) < 4.78 is 0. The van der Waals surface area contributed by atoms with E-state index in [-0.39, 0.29) is 11.9 Å². The molecular formula is C19H20N4O. The van der Waals surface area contributed by atoms with Crippen LogP contribution in [0.25, 0.3) is 10.9 Å². The van der Waals surface area contributed by atoms with Gasteiger partial charge in [0, 0.05) is 28.4 Å². The molecule has 5 heteroatoms. The summed E-state index contributed by atoms with van der Waals surface area (Å²) in [6, 6.07) is 17.3. The lowest BCUT2D eigenvalue weighted by Gasteiger charge is -2.16. The number of benzene rings is 2. The van der Waals surface area contributed by atoms with Gasteiger partial charge in [-0.15, -0.1) is 0 Å². The third kappa shape index (κ3) is 3.63. The minimum Gasteiger partial charge on any atom is -0.374 e. The van der Waals surface area contributed by atoms with Gasteiger partial charge in [-0.1, -0.05) is 43.3 Å². The molecule has 1 atom stereocenters. The topological polar surface area (TPSA) is 69.3 Å². The molecule has 3 rings (SSSR count). The number of aromatic amines is 1. The second-order valence-corrected chi connectivity index (χ2v) is 5.50. The van der Waals surface area contributed by atoms with Crippen LogP contribution < -0.4 is 10.7 Å². The molecule has 0 bridgehead atoms. The molecule has 0 aliphatic carbocycles. The first-order valence-corrected chi connectivity index (χ1v) is 7.98. The van der Waals surface area contributed by atoms with Crippen LogP contribution in [0.3, 0.4) is 0 Å². The maximum Gasteiger partial charge on any atom is 0.262 e. The number of carbonyl (C=O) groups is 1. The zero-order chi connectivity index (χ0) is 16.8. The van der Waals surface area contributed by atoms with E-state index in [0.717, 1.165) is 22.2 Å². The van der Waals surface area contributed by atoms with Gasteiger partial charge in [-0.2, -0.15) is 5.10 Å². The monoisotopic (exact) mass is 320 g/mol. The Morgan fingerprint density at radius 1 is 1.17 bits per heavy atom. The molecule has 1 amide bonds. The smallest absolute Gasteiger partial charge is 0.262 e. The highest BCUT2D eigenvalue weighted by Crippen LogP contribution is 2.15. The fourth-order valence-electron chi connectivity index (χ4n) is 2.53. The Morgan fingerprint density at radius 2 is 1.92 bits per heavy atom. The number of amides is 1. The van der Waals surface area contributed by atoms with Gasteiger partial charge in [-0.3, -0.25) is 4.79 Å². The van der Waals surface area contributed by atoms with Crippen molar-refractivity contribution in [3.63, 3.8) is 0 Å². The lowest BCUT2D eigenvalue weighted by atomic mass is 10.2. The van der Waals surface area contributed by atoms with Crippen LogP contribution in [0, 0.1) is 0 Å². The highest BCUT2D eigenvalue weighted by atomic mass is 16.2. The average Bonchev–Trinajstić information content (AvgIpc) is 3.04. The normalized spacial score (nSPS) is 12.4. The second-order valence-electron chi connectivity index (χ2n) is 5.50. The number of carbonyl (C=O) groups excluding carboxylic acids is 1. The molecule has 0 spiro atoms. The minimum atomic E-state index is -0.326. The highest BCUT2D eigenvalue weighted by Gasteiger charge is 2.15. The highest BCUT2D eigenvalue weighted by molar-refractivity contribution is 5.99. The molecule has 0 fully saturated rings. The number of anilines is 1. The predicted octanol–water partition coefficient (Wildman–Crippen LogP) is 3.51. The van der Waals surface area contributed by atoms with Gasteiger partial charge in [0.15, 0.2) is 0 Å². The molecule has 5 nitrogen and oxygen atoms in total. The fourth-order valence-corrected chi connectivity index (χ4v) is 2.53. The number of fused-ring (bicyclic) bond motifs is 1. The molecular weight excluding hydrogens is 300 g/mol. The number of hydrazone groups is 1. The van der Waals surface area contributed by atoms with Crippen LogP contribution in [0.15, 0.2) is 65.9 Å². The van der Waals surface area contributed by atoms with E-state index in [2.05, 4.69) is 20.8 Å². The van der Waals surface area contributed by atoms with Gasteiger partial charge in [-0.05, 0) is 24.6 Å². The molecule has 1 aromatic heterocycles. The van der Waals surface area contributed by atoms with E-state index in [4.69, 9.17) is 0 Å². The van der Waals surface area contributed by atoms with Crippen molar-refractivity contribution in [3.8, 4) is 0 Å². The summed E-state index contributed by atoms with van der Waals surface area (Å²) in [4.78, 5) is 15.5. The SMILES string of the molecule is CC[C@@H](Nc1ccccc1)C(=O)N/N=C/c1c[nH]c2ccccc12. The van der Waals surface area contributed by atoms with E-state index in [1.165, 1.54) is 0 Å². The van der Waals surface area contributed by atoms with Crippen molar-refractivity contribution in [1.82, 2.24) is 10.4 Å². The Bertz CT molecular complexity index is 839. The van der Waals surface area contributed by atoms with Crippen LogP contribution in [0.4, 0.5) is 5.69 Å². The Balaban J connectivity index is 1.63. The van der Waals surface area contributed by atoms with Crippen molar-refractivity contribution in [2.45, 2.75) is 19.4 Å². The lowest BCUT2D eigenvalue weighted by molar-refractivity contribution is -0.121. The van der Waals surface area contributed by atoms with Gasteiger partial charge in [0.25, 0.3) is 5.91 Å².